The first-order chi connectivity index (χ1) is 7.84. The van der Waals surface area contributed by atoms with Crippen LogP contribution < -0.4 is 5.73 Å². The minimum Gasteiger partial charge on any atom is -0.387 e. The molecule has 1 atom stereocenters. The molecular weight excluding hydrogens is 232 g/mol. The SMILES string of the molecule is Cl.NC1=NC(C/C=C/c2ccccc2)CCC1. The van der Waals surface area contributed by atoms with Crippen LogP contribution in [0.15, 0.2) is 41.4 Å². The molecule has 1 aliphatic rings. The average molecular weight is 251 g/mol. The lowest BCUT2D eigenvalue weighted by Gasteiger charge is -2.16. The zero-order valence-corrected chi connectivity index (χ0v) is 10.7. The van der Waals surface area contributed by atoms with Gasteiger partial charge in [-0.1, -0.05) is 42.5 Å². The third kappa shape index (κ3) is 4.61. The Labute approximate surface area is 109 Å². The molecule has 17 heavy (non-hydrogen) atoms. The summed E-state index contributed by atoms with van der Waals surface area (Å²) in [5.41, 5.74) is 6.98. The summed E-state index contributed by atoms with van der Waals surface area (Å²) in [5.74, 6) is 0.823. The van der Waals surface area contributed by atoms with Gasteiger partial charge in [-0.25, -0.2) is 0 Å². The molecule has 0 fully saturated rings. The predicted molar refractivity (Wildman–Crippen MR) is 76.6 cm³/mol. The summed E-state index contributed by atoms with van der Waals surface area (Å²) in [6.07, 6.45) is 8.66. The highest BCUT2D eigenvalue weighted by Crippen LogP contribution is 2.15. The van der Waals surface area contributed by atoms with E-state index >= 15 is 0 Å². The number of aliphatic imine (C=N–C) groups is 1. The van der Waals surface area contributed by atoms with Crippen LogP contribution in [0.25, 0.3) is 6.08 Å². The first-order valence-corrected chi connectivity index (χ1v) is 5.88. The van der Waals surface area contributed by atoms with Crippen LogP contribution >= 0.6 is 12.4 Å². The minimum absolute atomic E-state index is 0. The molecule has 0 spiro atoms. The van der Waals surface area contributed by atoms with Crippen LogP contribution in [0.2, 0.25) is 0 Å². The first kappa shape index (κ1) is 13.8. The lowest BCUT2D eigenvalue weighted by molar-refractivity contribution is 0.573. The molecule has 0 saturated carbocycles. The van der Waals surface area contributed by atoms with Gasteiger partial charge in [0.05, 0.1) is 11.9 Å². The number of halogens is 1. The second kappa shape index (κ2) is 7.13. The monoisotopic (exact) mass is 250 g/mol. The molecule has 0 amide bonds. The number of nitrogens with two attached hydrogens (primary N) is 1. The summed E-state index contributed by atoms with van der Waals surface area (Å²) in [7, 11) is 0. The van der Waals surface area contributed by atoms with E-state index < -0.39 is 0 Å². The lowest BCUT2D eigenvalue weighted by atomic mass is 10.0. The standard InChI is InChI=1S/C14H18N2.ClH/c15-14-11-5-10-13(16-14)9-4-8-12-6-2-1-3-7-12;/h1-4,6-8,13H,5,9-11H2,(H2,15,16);1H/b8-4+;. The van der Waals surface area contributed by atoms with Crippen LogP contribution in [0.3, 0.4) is 0 Å². The first-order valence-electron chi connectivity index (χ1n) is 5.88. The van der Waals surface area contributed by atoms with Crippen molar-refractivity contribution in [2.45, 2.75) is 31.7 Å². The summed E-state index contributed by atoms with van der Waals surface area (Å²) in [6, 6.07) is 10.7. The van der Waals surface area contributed by atoms with Crippen molar-refractivity contribution in [1.82, 2.24) is 0 Å². The highest BCUT2D eigenvalue weighted by atomic mass is 35.5. The van der Waals surface area contributed by atoms with E-state index in [0.29, 0.717) is 6.04 Å². The quantitative estimate of drug-likeness (QED) is 0.877. The fourth-order valence-electron chi connectivity index (χ4n) is 1.98. The second-order valence-corrected chi connectivity index (χ2v) is 4.22. The van der Waals surface area contributed by atoms with Gasteiger partial charge in [0.15, 0.2) is 0 Å². The Morgan fingerprint density at radius 2 is 2.06 bits per heavy atom. The largest absolute Gasteiger partial charge is 0.387 e. The molecule has 2 rings (SSSR count). The van der Waals surface area contributed by atoms with Gasteiger partial charge in [0.2, 0.25) is 0 Å². The highest BCUT2D eigenvalue weighted by molar-refractivity contribution is 5.85. The molecule has 1 heterocycles. The van der Waals surface area contributed by atoms with Gasteiger partial charge in [-0.05, 0) is 24.8 Å². The smallest absolute Gasteiger partial charge is 0.0940 e. The molecule has 0 aromatic heterocycles. The van der Waals surface area contributed by atoms with E-state index in [9.17, 15) is 0 Å². The lowest BCUT2D eigenvalue weighted by Crippen LogP contribution is -2.21. The molecule has 2 nitrogen and oxygen atoms in total. The average Bonchev–Trinajstić information content (AvgIpc) is 2.30. The number of nitrogens with zero attached hydrogens (tertiary/aromatic N) is 1. The minimum atomic E-state index is 0. The zero-order chi connectivity index (χ0) is 11.2. The Balaban J connectivity index is 0.00000144. The van der Waals surface area contributed by atoms with Gasteiger partial charge in [-0.15, -0.1) is 12.4 Å². The van der Waals surface area contributed by atoms with Crippen molar-refractivity contribution in [2.75, 3.05) is 0 Å². The third-order valence-corrected chi connectivity index (χ3v) is 2.84. The van der Waals surface area contributed by atoms with Gasteiger partial charge in [0, 0.05) is 6.42 Å². The summed E-state index contributed by atoms with van der Waals surface area (Å²) in [4.78, 5) is 4.46. The normalized spacial score (nSPS) is 19.8. The molecule has 2 N–H and O–H groups in total. The summed E-state index contributed by atoms with van der Waals surface area (Å²) < 4.78 is 0. The highest BCUT2D eigenvalue weighted by Gasteiger charge is 2.11. The van der Waals surface area contributed by atoms with Crippen molar-refractivity contribution in [3.8, 4) is 0 Å². The molecule has 1 aromatic carbocycles. The summed E-state index contributed by atoms with van der Waals surface area (Å²) in [5, 5.41) is 0. The van der Waals surface area contributed by atoms with Crippen molar-refractivity contribution in [2.24, 2.45) is 10.7 Å². The van der Waals surface area contributed by atoms with Gasteiger partial charge in [-0.3, -0.25) is 4.99 Å². The van der Waals surface area contributed by atoms with E-state index in [-0.39, 0.29) is 12.4 Å². The van der Waals surface area contributed by atoms with Crippen molar-refractivity contribution in [1.29, 1.82) is 0 Å². The van der Waals surface area contributed by atoms with E-state index in [4.69, 9.17) is 5.73 Å². The summed E-state index contributed by atoms with van der Waals surface area (Å²) >= 11 is 0. The molecule has 0 saturated heterocycles. The molecule has 0 bridgehead atoms. The number of hydrogen-bond acceptors (Lipinski definition) is 2. The van der Waals surface area contributed by atoms with Crippen molar-refractivity contribution >= 4 is 24.3 Å². The van der Waals surface area contributed by atoms with Crippen LogP contribution in [-0.4, -0.2) is 11.9 Å². The van der Waals surface area contributed by atoms with Crippen LogP contribution in [0.5, 0.6) is 0 Å². The predicted octanol–water partition coefficient (Wildman–Crippen LogP) is 3.42. The van der Waals surface area contributed by atoms with Gasteiger partial charge >= 0.3 is 0 Å². The molecule has 0 radical (unpaired) electrons. The molecule has 0 aliphatic carbocycles. The van der Waals surface area contributed by atoms with Crippen LogP contribution in [-0.2, 0) is 0 Å². The molecule has 3 heteroatoms. The number of hydrogen-bond donors (Lipinski definition) is 1. The molecular formula is C14H19ClN2. The van der Waals surface area contributed by atoms with E-state index in [0.717, 1.165) is 18.7 Å². The number of rotatable bonds is 3. The second-order valence-electron chi connectivity index (χ2n) is 4.22. The van der Waals surface area contributed by atoms with Crippen molar-refractivity contribution in [3.05, 3.63) is 42.0 Å². The molecule has 92 valence electrons. The van der Waals surface area contributed by atoms with Gasteiger partial charge in [0.1, 0.15) is 0 Å². The Hall–Kier alpha value is -1.28. The van der Waals surface area contributed by atoms with Crippen LogP contribution in [0.4, 0.5) is 0 Å². The maximum atomic E-state index is 5.73. The Kier molecular flexibility index (Phi) is 5.78. The zero-order valence-electron chi connectivity index (χ0n) is 9.88. The van der Waals surface area contributed by atoms with E-state index in [1.165, 1.54) is 18.4 Å². The van der Waals surface area contributed by atoms with Crippen LogP contribution in [0, 0.1) is 0 Å². The number of benzene rings is 1. The fourth-order valence-corrected chi connectivity index (χ4v) is 1.98. The van der Waals surface area contributed by atoms with Crippen molar-refractivity contribution < 1.29 is 0 Å². The van der Waals surface area contributed by atoms with Crippen molar-refractivity contribution in [3.63, 3.8) is 0 Å². The van der Waals surface area contributed by atoms with E-state index in [1.54, 1.807) is 0 Å². The number of amidine groups is 1. The fraction of sp³-hybridized carbons (Fsp3) is 0.357. The topological polar surface area (TPSA) is 38.4 Å². The van der Waals surface area contributed by atoms with E-state index in [1.807, 2.05) is 6.07 Å². The molecule has 1 aromatic rings. The maximum absolute atomic E-state index is 5.73. The van der Waals surface area contributed by atoms with Gasteiger partial charge < -0.3 is 5.73 Å². The molecule has 1 unspecified atom stereocenters. The van der Waals surface area contributed by atoms with E-state index in [2.05, 4.69) is 41.4 Å². The Bertz CT molecular complexity index is 384. The molecule has 1 aliphatic heterocycles. The summed E-state index contributed by atoms with van der Waals surface area (Å²) in [6.45, 7) is 0. The maximum Gasteiger partial charge on any atom is 0.0940 e. The van der Waals surface area contributed by atoms with Gasteiger partial charge in [-0.2, -0.15) is 0 Å². The van der Waals surface area contributed by atoms with Gasteiger partial charge in [0.25, 0.3) is 0 Å². The van der Waals surface area contributed by atoms with Crippen LogP contribution in [0.1, 0.15) is 31.2 Å². The Morgan fingerprint density at radius 1 is 1.29 bits per heavy atom. The Morgan fingerprint density at radius 3 is 2.76 bits per heavy atom. The third-order valence-electron chi connectivity index (χ3n) is 2.84.